The van der Waals surface area contributed by atoms with E-state index in [4.69, 9.17) is 0 Å². The van der Waals surface area contributed by atoms with E-state index in [1.165, 1.54) is 17.3 Å². The summed E-state index contributed by atoms with van der Waals surface area (Å²) in [4.78, 5) is 16.6. The van der Waals surface area contributed by atoms with Crippen molar-refractivity contribution in [1.29, 1.82) is 0 Å². The molecule has 100 valence electrons. The number of hydrogen-bond acceptors (Lipinski definition) is 3. The Bertz CT molecular complexity index is 604. The van der Waals surface area contributed by atoms with Crippen LogP contribution in [0.15, 0.2) is 35.7 Å². The number of thioether (sulfide) groups is 1. The molecule has 1 heterocycles. The van der Waals surface area contributed by atoms with Crippen LogP contribution in [-0.2, 0) is 7.05 Å². The summed E-state index contributed by atoms with van der Waals surface area (Å²) >= 11 is 1.49. The summed E-state index contributed by atoms with van der Waals surface area (Å²) in [7, 11) is 1.93. The summed E-state index contributed by atoms with van der Waals surface area (Å²) in [6, 6.07) is 5.87. The Morgan fingerprint density at radius 1 is 1.32 bits per heavy atom. The van der Waals surface area contributed by atoms with Crippen LogP contribution >= 0.6 is 11.8 Å². The maximum absolute atomic E-state index is 12.4. The molecule has 0 aliphatic rings. The molecule has 0 bridgehead atoms. The minimum atomic E-state index is -0.136. The van der Waals surface area contributed by atoms with Gasteiger partial charge >= 0.3 is 0 Å². The van der Waals surface area contributed by atoms with Gasteiger partial charge in [-0.2, -0.15) is 0 Å². The van der Waals surface area contributed by atoms with Crippen molar-refractivity contribution in [3.8, 4) is 0 Å². The Morgan fingerprint density at radius 2 is 2.05 bits per heavy atom. The topological polar surface area (TPSA) is 34.9 Å². The number of Topliss-reactive ketones (excluding diaryl/α,β-unsaturated/α-hetero) is 1. The van der Waals surface area contributed by atoms with Crippen LogP contribution in [0.1, 0.15) is 28.4 Å². The van der Waals surface area contributed by atoms with Gasteiger partial charge in [-0.3, -0.25) is 4.79 Å². The predicted molar refractivity (Wildman–Crippen MR) is 78.8 cm³/mol. The monoisotopic (exact) mass is 274 g/mol. The highest BCUT2D eigenvalue weighted by Gasteiger charge is 2.18. The van der Waals surface area contributed by atoms with Gasteiger partial charge in [0.15, 0.2) is 10.9 Å². The number of carbonyl (C=O) groups is 1. The van der Waals surface area contributed by atoms with Gasteiger partial charge in [-0.25, -0.2) is 4.98 Å². The second-order valence-electron chi connectivity index (χ2n) is 4.74. The molecule has 0 aliphatic carbocycles. The fourth-order valence-corrected chi connectivity index (χ4v) is 2.71. The standard InChI is InChI=1S/C15H18N2OS/c1-10-5-6-13(9-11(10)2)14(18)12(3)19-15-16-7-8-17(15)4/h5-9,12H,1-4H3. The minimum absolute atomic E-state index is 0.136. The lowest BCUT2D eigenvalue weighted by Crippen LogP contribution is -2.14. The molecule has 0 radical (unpaired) electrons. The molecule has 2 rings (SSSR count). The van der Waals surface area contributed by atoms with Gasteiger partial charge in [0.1, 0.15) is 0 Å². The molecule has 3 nitrogen and oxygen atoms in total. The lowest BCUT2D eigenvalue weighted by atomic mass is 10.0. The molecule has 1 aromatic heterocycles. The van der Waals surface area contributed by atoms with Crippen molar-refractivity contribution >= 4 is 17.5 Å². The van der Waals surface area contributed by atoms with Crippen LogP contribution in [0, 0.1) is 13.8 Å². The van der Waals surface area contributed by atoms with Gasteiger partial charge in [0, 0.05) is 25.0 Å². The van der Waals surface area contributed by atoms with E-state index in [0.717, 1.165) is 16.3 Å². The maximum atomic E-state index is 12.4. The average Bonchev–Trinajstić information content (AvgIpc) is 2.77. The molecule has 1 unspecified atom stereocenters. The summed E-state index contributed by atoms with van der Waals surface area (Å²) in [6.07, 6.45) is 3.63. The summed E-state index contributed by atoms with van der Waals surface area (Å²) in [5.74, 6) is 0.149. The summed E-state index contributed by atoms with van der Waals surface area (Å²) in [6.45, 7) is 6.01. The van der Waals surface area contributed by atoms with E-state index in [9.17, 15) is 4.79 Å². The highest BCUT2D eigenvalue weighted by atomic mass is 32.2. The van der Waals surface area contributed by atoms with E-state index < -0.39 is 0 Å². The van der Waals surface area contributed by atoms with E-state index in [1.807, 2.05) is 49.9 Å². The number of imidazole rings is 1. The second-order valence-corrected chi connectivity index (χ2v) is 6.05. The van der Waals surface area contributed by atoms with Crippen molar-refractivity contribution in [3.05, 3.63) is 47.3 Å². The van der Waals surface area contributed by atoms with Crippen molar-refractivity contribution in [1.82, 2.24) is 9.55 Å². The van der Waals surface area contributed by atoms with Crippen LogP contribution in [0.2, 0.25) is 0 Å². The molecular weight excluding hydrogens is 256 g/mol. The second kappa shape index (κ2) is 5.61. The zero-order valence-corrected chi connectivity index (χ0v) is 12.5. The number of ketones is 1. The number of benzene rings is 1. The highest BCUT2D eigenvalue weighted by Crippen LogP contribution is 2.24. The lowest BCUT2D eigenvalue weighted by molar-refractivity contribution is 0.0994. The fraction of sp³-hybridized carbons (Fsp3) is 0.333. The average molecular weight is 274 g/mol. The van der Waals surface area contributed by atoms with Gasteiger partial charge in [0.2, 0.25) is 0 Å². The molecule has 1 aromatic carbocycles. The smallest absolute Gasteiger partial charge is 0.176 e. The van der Waals surface area contributed by atoms with Crippen molar-refractivity contribution in [3.63, 3.8) is 0 Å². The fourth-order valence-electron chi connectivity index (χ4n) is 1.81. The minimum Gasteiger partial charge on any atom is -0.329 e. The van der Waals surface area contributed by atoms with E-state index >= 15 is 0 Å². The molecule has 0 aliphatic heterocycles. The van der Waals surface area contributed by atoms with E-state index in [1.54, 1.807) is 6.20 Å². The molecular formula is C15H18N2OS. The molecule has 0 N–H and O–H groups in total. The number of aryl methyl sites for hydroxylation is 3. The lowest BCUT2D eigenvalue weighted by Gasteiger charge is -2.11. The van der Waals surface area contributed by atoms with E-state index in [0.29, 0.717) is 0 Å². The molecule has 4 heteroatoms. The quantitative estimate of drug-likeness (QED) is 0.633. The van der Waals surface area contributed by atoms with Crippen molar-refractivity contribution in [2.45, 2.75) is 31.2 Å². The third kappa shape index (κ3) is 3.07. The molecule has 19 heavy (non-hydrogen) atoms. The highest BCUT2D eigenvalue weighted by molar-refractivity contribution is 8.00. The third-order valence-corrected chi connectivity index (χ3v) is 4.39. The first kappa shape index (κ1) is 13.9. The van der Waals surface area contributed by atoms with Crippen LogP contribution in [-0.4, -0.2) is 20.6 Å². The molecule has 0 fully saturated rings. The Hall–Kier alpha value is -1.55. The van der Waals surface area contributed by atoms with Crippen LogP contribution in [0.3, 0.4) is 0 Å². The molecule has 0 saturated carbocycles. The Morgan fingerprint density at radius 3 is 2.63 bits per heavy atom. The van der Waals surface area contributed by atoms with Crippen LogP contribution in [0.5, 0.6) is 0 Å². The zero-order chi connectivity index (χ0) is 14.0. The van der Waals surface area contributed by atoms with Gasteiger partial charge < -0.3 is 4.57 Å². The summed E-state index contributed by atoms with van der Waals surface area (Å²) in [5, 5.41) is 0.730. The van der Waals surface area contributed by atoms with Gasteiger partial charge in [-0.1, -0.05) is 23.9 Å². The van der Waals surface area contributed by atoms with Crippen molar-refractivity contribution in [2.24, 2.45) is 7.05 Å². The van der Waals surface area contributed by atoms with Crippen molar-refractivity contribution in [2.75, 3.05) is 0 Å². The first-order chi connectivity index (χ1) is 8.99. The van der Waals surface area contributed by atoms with Crippen LogP contribution in [0.4, 0.5) is 0 Å². The zero-order valence-electron chi connectivity index (χ0n) is 11.7. The number of aromatic nitrogens is 2. The first-order valence-corrected chi connectivity index (χ1v) is 7.12. The number of hydrogen-bond donors (Lipinski definition) is 0. The predicted octanol–water partition coefficient (Wildman–Crippen LogP) is 3.40. The Kier molecular flexibility index (Phi) is 4.10. The molecule has 0 saturated heterocycles. The summed E-state index contributed by atoms with van der Waals surface area (Å²) in [5.41, 5.74) is 3.14. The van der Waals surface area contributed by atoms with Crippen LogP contribution in [0.25, 0.3) is 0 Å². The van der Waals surface area contributed by atoms with Gasteiger partial charge in [0.25, 0.3) is 0 Å². The maximum Gasteiger partial charge on any atom is 0.176 e. The van der Waals surface area contributed by atoms with Crippen molar-refractivity contribution < 1.29 is 4.79 Å². The van der Waals surface area contributed by atoms with E-state index in [-0.39, 0.29) is 11.0 Å². The first-order valence-electron chi connectivity index (χ1n) is 6.24. The van der Waals surface area contributed by atoms with Gasteiger partial charge in [0.05, 0.1) is 5.25 Å². The van der Waals surface area contributed by atoms with Gasteiger partial charge in [-0.05, 0) is 38.0 Å². The molecule has 0 spiro atoms. The number of nitrogens with zero attached hydrogens (tertiary/aromatic N) is 2. The molecule has 1 atom stereocenters. The normalized spacial score (nSPS) is 12.4. The summed E-state index contributed by atoms with van der Waals surface area (Å²) < 4.78 is 1.93. The van der Waals surface area contributed by atoms with E-state index in [2.05, 4.69) is 11.9 Å². The SMILES string of the molecule is Cc1ccc(C(=O)C(C)Sc2nccn2C)cc1C. The third-order valence-electron chi connectivity index (χ3n) is 3.22. The van der Waals surface area contributed by atoms with Crippen LogP contribution < -0.4 is 0 Å². The molecule has 0 amide bonds. The number of rotatable bonds is 4. The van der Waals surface area contributed by atoms with Gasteiger partial charge in [-0.15, -0.1) is 0 Å². The largest absolute Gasteiger partial charge is 0.329 e. The Labute approximate surface area is 118 Å². The molecule has 2 aromatic rings. The number of carbonyl (C=O) groups excluding carboxylic acids is 1. The Balaban J connectivity index is 2.15.